The van der Waals surface area contributed by atoms with E-state index >= 15 is 0 Å². The second-order valence-electron chi connectivity index (χ2n) is 5.40. The number of nitrogens with zero attached hydrogens (tertiary/aromatic N) is 1. The predicted octanol–water partition coefficient (Wildman–Crippen LogP) is 3.54. The number of nitrogens with one attached hydrogen (secondary N) is 1. The van der Waals surface area contributed by atoms with Crippen molar-refractivity contribution in [2.45, 2.75) is 26.9 Å². The van der Waals surface area contributed by atoms with Gasteiger partial charge in [0.2, 0.25) is 0 Å². The van der Waals surface area contributed by atoms with Gasteiger partial charge in [-0.2, -0.15) is 0 Å². The topological polar surface area (TPSA) is 55.0 Å². The predicted molar refractivity (Wildman–Crippen MR) is 87.2 cm³/mol. The Labute approximate surface area is 132 Å². The first-order valence-corrected chi connectivity index (χ1v) is 7.67. The molecule has 5 heteroatoms. The highest BCUT2D eigenvalue weighted by Crippen LogP contribution is 2.19. The molecule has 0 unspecified atom stereocenters. The maximum atomic E-state index is 11.9. The molecule has 0 saturated heterocycles. The Morgan fingerprint density at radius 1 is 1.29 bits per heavy atom. The van der Waals surface area contributed by atoms with Crippen molar-refractivity contribution < 1.29 is 4.74 Å². The van der Waals surface area contributed by atoms with E-state index in [2.05, 4.69) is 51.9 Å². The summed E-state index contributed by atoms with van der Waals surface area (Å²) in [6, 6.07) is 8.13. The standard InChI is InChI=1S/C16H19BrN2O2/c1-10(2)8-11-4-6-12(7-5-11)15-18-13(9-21-3)14(17)16(20)19-15/h4-7,10H,8-9H2,1-3H3,(H,18,19,20). The molecule has 21 heavy (non-hydrogen) atoms. The van der Waals surface area contributed by atoms with Gasteiger partial charge < -0.3 is 9.72 Å². The normalized spacial score (nSPS) is 11.1. The summed E-state index contributed by atoms with van der Waals surface area (Å²) in [6.45, 7) is 4.68. The van der Waals surface area contributed by atoms with Gasteiger partial charge in [0.15, 0.2) is 0 Å². The van der Waals surface area contributed by atoms with E-state index in [9.17, 15) is 4.79 Å². The number of aromatic nitrogens is 2. The third kappa shape index (κ3) is 4.02. The molecular weight excluding hydrogens is 332 g/mol. The molecular formula is C16H19BrN2O2. The molecule has 112 valence electrons. The molecule has 0 saturated carbocycles. The van der Waals surface area contributed by atoms with Crippen LogP contribution in [-0.4, -0.2) is 17.1 Å². The molecule has 1 heterocycles. The van der Waals surface area contributed by atoms with Gasteiger partial charge in [-0.1, -0.05) is 38.1 Å². The molecule has 0 bridgehead atoms. The number of H-pyrrole nitrogens is 1. The Kier molecular flexibility index (Phi) is 5.31. The number of rotatable bonds is 5. The van der Waals surface area contributed by atoms with Crippen molar-refractivity contribution in [1.82, 2.24) is 9.97 Å². The highest BCUT2D eigenvalue weighted by Gasteiger charge is 2.10. The van der Waals surface area contributed by atoms with Crippen LogP contribution in [0, 0.1) is 5.92 Å². The number of hydrogen-bond acceptors (Lipinski definition) is 3. The van der Waals surface area contributed by atoms with Crippen LogP contribution in [0.3, 0.4) is 0 Å². The molecule has 2 aromatic rings. The minimum Gasteiger partial charge on any atom is -0.378 e. The van der Waals surface area contributed by atoms with E-state index in [-0.39, 0.29) is 5.56 Å². The fraction of sp³-hybridized carbons (Fsp3) is 0.375. The van der Waals surface area contributed by atoms with Gasteiger partial charge in [0.25, 0.3) is 5.56 Å². The lowest BCUT2D eigenvalue weighted by Gasteiger charge is -2.08. The second kappa shape index (κ2) is 7.00. The smallest absolute Gasteiger partial charge is 0.265 e. The lowest BCUT2D eigenvalue weighted by atomic mass is 10.0. The van der Waals surface area contributed by atoms with E-state index in [4.69, 9.17) is 4.74 Å². The highest BCUT2D eigenvalue weighted by molar-refractivity contribution is 9.10. The molecule has 0 aliphatic rings. The van der Waals surface area contributed by atoms with Crippen molar-refractivity contribution in [2.75, 3.05) is 7.11 Å². The largest absolute Gasteiger partial charge is 0.378 e. The van der Waals surface area contributed by atoms with E-state index in [1.807, 2.05) is 12.1 Å². The third-order valence-electron chi connectivity index (χ3n) is 3.08. The lowest BCUT2D eigenvalue weighted by Crippen LogP contribution is -2.14. The Morgan fingerprint density at radius 2 is 1.95 bits per heavy atom. The van der Waals surface area contributed by atoms with Gasteiger partial charge in [-0.05, 0) is 33.8 Å². The Hall–Kier alpha value is -1.46. The fourth-order valence-electron chi connectivity index (χ4n) is 2.14. The molecule has 0 atom stereocenters. The SMILES string of the molecule is COCc1nc(-c2ccc(CC(C)C)cc2)[nH]c(=O)c1Br. The van der Waals surface area contributed by atoms with Gasteiger partial charge in [0, 0.05) is 12.7 Å². The minimum absolute atomic E-state index is 0.196. The Balaban J connectivity index is 2.35. The molecule has 1 aromatic carbocycles. The second-order valence-corrected chi connectivity index (χ2v) is 6.20. The van der Waals surface area contributed by atoms with Crippen LogP contribution in [0.4, 0.5) is 0 Å². The summed E-state index contributed by atoms with van der Waals surface area (Å²) in [5.74, 6) is 1.18. The molecule has 4 nitrogen and oxygen atoms in total. The van der Waals surface area contributed by atoms with Gasteiger partial charge in [-0.3, -0.25) is 4.79 Å². The zero-order chi connectivity index (χ0) is 15.4. The van der Waals surface area contributed by atoms with Crippen molar-refractivity contribution in [2.24, 2.45) is 5.92 Å². The molecule has 1 aromatic heterocycles. The first kappa shape index (κ1) is 15.9. The molecule has 2 rings (SSSR count). The van der Waals surface area contributed by atoms with Gasteiger partial charge in [-0.25, -0.2) is 4.98 Å². The van der Waals surface area contributed by atoms with Crippen molar-refractivity contribution in [3.05, 3.63) is 50.3 Å². The number of aromatic amines is 1. The molecule has 0 aliphatic carbocycles. The van der Waals surface area contributed by atoms with Crippen LogP contribution in [0.25, 0.3) is 11.4 Å². The molecule has 0 aliphatic heterocycles. The average molecular weight is 351 g/mol. The minimum atomic E-state index is -0.196. The summed E-state index contributed by atoms with van der Waals surface area (Å²) in [4.78, 5) is 19.2. The molecule has 0 fully saturated rings. The van der Waals surface area contributed by atoms with E-state index in [0.29, 0.717) is 28.5 Å². The highest BCUT2D eigenvalue weighted by atomic mass is 79.9. The van der Waals surface area contributed by atoms with Crippen LogP contribution in [0.2, 0.25) is 0 Å². The molecule has 0 spiro atoms. The van der Waals surface area contributed by atoms with Crippen LogP contribution in [0.1, 0.15) is 25.1 Å². The van der Waals surface area contributed by atoms with Gasteiger partial charge in [0.1, 0.15) is 10.3 Å². The number of ether oxygens (including phenoxy) is 1. The summed E-state index contributed by atoms with van der Waals surface area (Å²) < 4.78 is 5.49. The lowest BCUT2D eigenvalue weighted by molar-refractivity contribution is 0.180. The van der Waals surface area contributed by atoms with Crippen molar-refractivity contribution in [3.63, 3.8) is 0 Å². The Bertz CT molecular complexity index is 663. The van der Waals surface area contributed by atoms with Crippen molar-refractivity contribution in [3.8, 4) is 11.4 Å². The maximum Gasteiger partial charge on any atom is 0.265 e. The Morgan fingerprint density at radius 3 is 2.52 bits per heavy atom. The number of benzene rings is 1. The number of methoxy groups -OCH3 is 1. The number of halogens is 1. The number of hydrogen-bond donors (Lipinski definition) is 1. The third-order valence-corrected chi connectivity index (χ3v) is 3.90. The molecule has 1 N–H and O–H groups in total. The summed E-state index contributed by atoms with van der Waals surface area (Å²) in [5.41, 5.74) is 2.58. The van der Waals surface area contributed by atoms with Crippen LogP contribution in [0.5, 0.6) is 0 Å². The van der Waals surface area contributed by atoms with Crippen LogP contribution in [0.15, 0.2) is 33.5 Å². The van der Waals surface area contributed by atoms with Crippen LogP contribution < -0.4 is 5.56 Å². The van der Waals surface area contributed by atoms with E-state index in [1.165, 1.54) is 5.56 Å². The zero-order valence-corrected chi connectivity index (χ0v) is 14.0. The van der Waals surface area contributed by atoms with E-state index in [0.717, 1.165) is 12.0 Å². The van der Waals surface area contributed by atoms with Gasteiger partial charge in [-0.15, -0.1) is 0 Å². The fourth-order valence-corrected chi connectivity index (χ4v) is 2.45. The first-order valence-electron chi connectivity index (χ1n) is 6.88. The summed E-state index contributed by atoms with van der Waals surface area (Å²) >= 11 is 3.24. The monoisotopic (exact) mass is 350 g/mol. The molecule has 0 amide bonds. The zero-order valence-electron chi connectivity index (χ0n) is 12.4. The summed E-state index contributed by atoms with van der Waals surface area (Å²) in [6.07, 6.45) is 1.04. The molecule has 0 radical (unpaired) electrons. The maximum absolute atomic E-state index is 11.9. The van der Waals surface area contributed by atoms with Crippen LogP contribution in [-0.2, 0) is 17.8 Å². The summed E-state index contributed by atoms with van der Waals surface area (Å²) in [7, 11) is 1.58. The van der Waals surface area contributed by atoms with Gasteiger partial charge in [0.05, 0.1) is 12.3 Å². The van der Waals surface area contributed by atoms with Crippen molar-refractivity contribution >= 4 is 15.9 Å². The van der Waals surface area contributed by atoms with E-state index < -0.39 is 0 Å². The summed E-state index contributed by atoms with van der Waals surface area (Å²) in [5, 5.41) is 0. The first-order chi connectivity index (χ1) is 10.0. The van der Waals surface area contributed by atoms with Crippen LogP contribution >= 0.6 is 15.9 Å². The van der Waals surface area contributed by atoms with Crippen molar-refractivity contribution in [1.29, 1.82) is 0 Å². The average Bonchev–Trinajstić information content (AvgIpc) is 2.44. The van der Waals surface area contributed by atoms with E-state index in [1.54, 1.807) is 7.11 Å². The van der Waals surface area contributed by atoms with Gasteiger partial charge >= 0.3 is 0 Å². The quantitative estimate of drug-likeness (QED) is 0.896.